The largest absolute Gasteiger partial charge is 0.496 e. The summed E-state index contributed by atoms with van der Waals surface area (Å²) in [6.45, 7) is 7.66. The van der Waals surface area contributed by atoms with Gasteiger partial charge in [-0.2, -0.15) is 4.31 Å². The zero-order valence-electron chi connectivity index (χ0n) is 20.2. The lowest BCUT2D eigenvalue weighted by Gasteiger charge is -2.30. The number of hydrogen-bond donors (Lipinski definition) is 1. The number of morpholine rings is 1. The summed E-state index contributed by atoms with van der Waals surface area (Å²) in [5, 5.41) is 3.01. The van der Waals surface area contributed by atoms with Crippen LogP contribution in [0.5, 0.6) is 5.75 Å². The monoisotopic (exact) mass is 489 g/mol. The number of rotatable bonds is 11. The van der Waals surface area contributed by atoms with E-state index >= 15 is 0 Å². The zero-order chi connectivity index (χ0) is 24.6. The van der Waals surface area contributed by atoms with Crippen molar-refractivity contribution in [3.63, 3.8) is 0 Å². The van der Waals surface area contributed by atoms with Gasteiger partial charge in [-0.25, -0.2) is 8.42 Å². The minimum Gasteiger partial charge on any atom is -0.496 e. The van der Waals surface area contributed by atoms with Crippen LogP contribution >= 0.6 is 0 Å². The Morgan fingerprint density at radius 3 is 2.41 bits per heavy atom. The number of carbonyl (C=O) groups is 1. The fourth-order valence-corrected chi connectivity index (χ4v) is 5.66. The fourth-order valence-electron chi connectivity index (χ4n) is 4.22. The molecule has 0 bridgehead atoms. The highest BCUT2D eigenvalue weighted by molar-refractivity contribution is 7.89. The number of hydrogen-bond acceptors (Lipinski definition) is 6. The van der Waals surface area contributed by atoms with E-state index in [1.165, 1.54) is 35.2 Å². The molecule has 8 nitrogen and oxygen atoms in total. The van der Waals surface area contributed by atoms with E-state index < -0.39 is 10.0 Å². The van der Waals surface area contributed by atoms with Gasteiger partial charge in [-0.3, -0.25) is 9.69 Å². The maximum atomic E-state index is 13.2. The van der Waals surface area contributed by atoms with Crippen molar-refractivity contribution in [1.29, 1.82) is 0 Å². The van der Waals surface area contributed by atoms with Crippen LogP contribution in [0.4, 0.5) is 0 Å². The Morgan fingerprint density at radius 2 is 1.79 bits per heavy atom. The summed E-state index contributed by atoms with van der Waals surface area (Å²) in [6, 6.07) is 14.7. The maximum absolute atomic E-state index is 13.2. The van der Waals surface area contributed by atoms with Crippen molar-refractivity contribution in [1.82, 2.24) is 14.5 Å². The van der Waals surface area contributed by atoms with Gasteiger partial charge in [-0.1, -0.05) is 44.2 Å². The predicted octanol–water partition coefficient (Wildman–Crippen LogP) is 2.40. The Kier molecular flexibility index (Phi) is 9.46. The van der Waals surface area contributed by atoms with Crippen molar-refractivity contribution >= 4 is 15.9 Å². The predicted molar refractivity (Wildman–Crippen MR) is 132 cm³/mol. The molecule has 186 valence electrons. The molecule has 1 atom stereocenters. The molecule has 0 radical (unpaired) electrons. The third-order valence-electron chi connectivity index (χ3n) is 6.16. The Balaban J connectivity index is 1.79. The second-order valence-electron chi connectivity index (χ2n) is 8.15. The third-order valence-corrected chi connectivity index (χ3v) is 8.06. The lowest BCUT2D eigenvalue weighted by atomic mass is 10.0. The maximum Gasteiger partial charge on any atom is 0.255 e. The number of methoxy groups -OCH3 is 1. The van der Waals surface area contributed by atoms with E-state index in [1.54, 1.807) is 0 Å². The molecule has 1 amide bonds. The van der Waals surface area contributed by atoms with Gasteiger partial charge in [0, 0.05) is 25.7 Å². The summed E-state index contributed by atoms with van der Waals surface area (Å²) in [7, 11) is -2.26. The minimum absolute atomic E-state index is 0.0740. The number of amides is 1. The Bertz CT molecular complexity index is 1040. The molecule has 1 saturated heterocycles. The Morgan fingerprint density at radius 1 is 1.12 bits per heavy atom. The molecule has 1 heterocycles. The molecular weight excluding hydrogens is 454 g/mol. The average molecular weight is 490 g/mol. The quantitative estimate of drug-likeness (QED) is 0.522. The van der Waals surface area contributed by atoms with Gasteiger partial charge in [-0.05, 0) is 43.3 Å². The van der Waals surface area contributed by atoms with Crippen LogP contribution in [0.15, 0.2) is 53.4 Å². The van der Waals surface area contributed by atoms with Gasteiger partial charge >= 0.3 is 0 Å². The molecule has 0 saturated carbocycles. The van der Waals surface area contributed by atoms with E-state index in [4.69, 9.17) is 9.47 Å². The second-order valence-corrected chi connectivity index (χ2v) is 10.1. The second kappa shape index (κ2) is 12.3. The summed E-state index contributed by atoms with van der Waals surface area (Å²) in [6.07, 6.45) is 0.797. The SMILES string of the molecule is CCN(CC)C(CNC(=O)c1cc(S(=O)(=O)N2CCOCC2)ccc1OC)Cc1ccccc1. The topological polar surface area (TPSA) is 88.2 Å². The number of nitrogens with one attached hydrogen (secondary N) is 1. The molecule has 0 aliphatic carbocycles. The van der Waals surface area contributed by atoms with E-state index in [9.17, 15) is 13.2 Å². The number of nitrogens with zero attached hydrogens (tertiary/aromatic N) is 2. The van der Waals surface area contributed by atoms with Crippen molar-refractivity contribution < 1.29 is 22.7 Å². The van der Waals surface area contributed by atoms with E-state index in [1.807, 2.05) is 18.2 Å². The number of carbonyl (C=O) groups excluding carboxylic acids is 1. The van der Waals surface area contributed by atoms with Gasteiger partial charge < -0.3 is 14.8 Å². The number of benzene rings is 2. The van der Waals surface area contributed by atoms with E-state index in [2.05, 4.69) is 36.2 Å². The summed E-state index contributed by atoms with van der Waals surface area (Å²) in [4.78, 5) is 15.6. The average Bonchev–Trinajstić information content (AvgIpc) is 2.88. The standard InChI is InChI=1S/C25H35N3O5S/c1-4-27(5-2)21(17-20-9-7-6-8-10-20)19-26-25(29)23-18-22(11-12-24(23)32-3)34(30,31)28-13-15-33-16-14-28/h6-12,18,21H,4-5,13-17,19H2,1-3H3,(H,26,29). The van der Waals surface area contributed by atoms with E-state index in [0.717, 1.165) is 19.5 Å². The van der Waals surface area contributed by atoms with Crippen molar-refractivity contribution in [2.75, 3.05) is 53.0 Å². The molecule has 0 spiro atoms. The number of sulfonamides is 1. The van der Waals surface area contributed by atoms with Gasteiger partial charge in [0.25, 0.3) is 5.91 Å². The van der Waals surface area contributed by atoms with Crippen LogP contribution in [0.3, 0.4) is 0 Å². The van der Waals surface area contributed by atoms with Crippen molar-refractivity contribution in [2.24, 2.45) is 0 Å². The highest BCUT2D eigenvalue weighted by Gasteiger charge is 2.28. The fraction of sp³-hybridized carbons (Fsp3) is 0.480. The van der Waals surface area contributed by atoms with Crippen molar-refractivity contribution in [3.8, 4) is 5.75 Å². The molecule has 3 rings (SSSR count). The van der Waals surface area contributed by atoms with Crippen LogP contribution in [-0.2, 0) is 21.2 Å². The Labute approximate surface area is 202 Å². The van der Waals surface area contributed by atoms with Crippen LogP contribution in [0.1, 0.15) is 29.8 Å². The highest BCUT2D eigenvalue weighted by atomic mass is 32.2. The molecule has 2 aromatic rings. The molecule has 34 heavy (non-hydrogen) atoms. The molecule has 1 aliphatic heterocycles. The molecule has 9 heteroatoms. The zero-order valence-corrected chi connectivity index (χ0v) is 21.0. The molecule has 1 N–H and O–H groups in total. The van der Waals surface area contributed by atoms with E-state index in [0.29, 0.717) is 38.6 Å². The Hall–Kier alpha value is -2.46. The first kappa shape index (κ1) is 26.2. The summed E-state index contributed by atoms with van der Waals surface area (Å²) < 4.78 is 38.2. The normalized spacial score (nSPS) is 15.8. The summed E-state index contributed by atoms with van der Waals surface area (Å²) in [5.41, 5.74) is 1.40. The van der Waals surface area contributed by atoms with Crippen molar-refractivity contribution in [2.45, 2.75) is 31.2 Å². The van der Waals surface area contributed by atoms with Gasteiger partial charge in [0.1, 0.15) is 5.75 Å². The van der Waals surface area contributed by atoms with Gasteiger partial charge in [0.15, 0.2) is 0 Å². The van der Waals surface area contributed by atoms with Gasteiger partial charge in [0.2, 0.25) is 10.0 Å². The number of ether oxygens (including phenoxy) is 2. The van der Waals surface area contributed by atoms with Gasteiger partial charge in [-0.15, -0.1) is 0 Å². The first-order chi connectivity index (χ1) is 16.4. The molecule has 2 aromatic carbocycles. The van der Waals surface area contributed by atoms with Crippen LogP contribution in [0, 0.1) is 0 Å². The molecule has 1 fully saturated rings. The minimum atomic E-state index is -3.73. The smallest absolute Gasteiger partial charge is 0.255 e. The molecule has 1 aliphatic rings. The van der Waals surface area contributed by atoms with E-state index in [-0.39, 0.29) is 22.4 Å². The van der Waals surface area contributed by atoms with Crippen LogP contribution in [0.2, 0.25) is 0 Å². The van der Waals surface area contributed by atoms with Gasteiger partial charge in [0.05, 0.1) is 30.8 Å². The molecule has 0 aromatic heterocycles. The third kappa shape index (κ3) is 6.35. The van der Waals surface area contributed by atoms with Crippen LogP contribution in [-0.4, -0.2) is 82.6 Å². The lowest BCUT2D eigenvalue weighted by molar-refractivity contribution is 0.0730. The molecule has 1 unspecified atom stereocenters. The first-order valence-electron chi connectivity index (χ1n) is 11.7. The first-order valence-corrected chi connectivity index (χ1v) is 13.2. The summed E-state index contributed by atoms with van der Waals surface area (Å²) in [5.74, 6) is -0.0260. The highest BCUT2D eigenvalue weighted by Crippen LogP contribution is 2.25. The van der Waals surface area contributed by atoms with Crippen LogP contribution < -0.4 is 10.1 Å². The number of likely N-dealkylation sites (N-methyl/N-ethyl adjacent to an activating group) is 1. The van der Waals surface area contributed by atoms with Crippen molar-refractivity contribution in [3.05, 3.63) is 59.7 Å². The molecular formula is C25H35N3O5S. The lowest BCUT2D eigenvalue weighted by Crippen LogP contribution is -2.45. The summed E-state index contributed by atoms with van der Waals surface area (Å²) >= 11 is 0. The van der Waals surface area contributed by atoms with Crippen LogP contribution in [0.25, 0.3) is 0 Å².